The number of nitrogens with two attached hydrogens (primary N) is 2. The zero-order chi connectivity index (χ0) is 12.3. The van der Waals surface area contributed by atoms with Crippen molar-refractivity contribution in [3.63, 3.8) is 0 Å². The molecule has 0 bridgehead atoms. The van der Waals surface area contributed by atoms with E-state index in [-0.39, 0.29) is 12.1 Å². The van der Waals surface area contributed by atoms with Crippen molar-refractivity contribution in [3.8, 4) is 0 Å². The van der Waals surface area contributed by atoms with Crippen LogP contribution < -0.4 is 11.5 Å². The molecule has 0 aromatic heterocycles. The van der Waals surface area contributed by atoms with Gasteiger partial charge in [-0.25, -0.2) is 0 Å². The van der Waals surface area contributed by atoms with Gasteiger partial charge < -0.3 is 11.5 Å². The first-order valence-corrected chi connectivity index (χ1v) is 6.00. The lowest BCUT2D eigenvalue weighted by molar-refractivity contribution is 0.552. The first kappa shape index (κ1) is 13.2. The molecule has 0 spiro atoms. The summed E-state index contributed by atoms with van der Waals surface area (Å²) in [6.07, 6.45) is 1.94. The van der Waals surface area contributed by atoms with E-state index in [0.717, 1.165) is 12.8 Å². The molecule has 0 saturated heterocycles. The summed E-state index contributed by atoms with van der Waals surface area (Å²) in [5, 5.41) is 0. The molecule has 4 N–H and O–H groups in total. The molecular weight excluding hydrogens is 196 g/mol. The van der Waals surface area contributed by atoms with Crippen LogP contribution in [0.4, 0.5) is 0 Å². The van der Waals surface area contributed by atoms with E-state index in [1.165, 1.54) is 22.3 Å². The van der Waals surface area contributed by atoms with Crippen molar-refractivity contribution in [1.29, 1.82) is 0 Å². The van der Waals surface area contributed by atoms with Crippen LogP contribution in [0.3, 0.4) is 0 Å². The Labute approximate surface area is 99.0 Å². The van der Waals surface area contributed by atoms with Gasteiger partial charge >= 0.3 is 0 Å². The highest BCUT2D eigenvalue weighted by atomic mass is 14.7. The summed E-state index contributed by atoms with van der Waals surface area (Å²) in [5.74, 6) is 0. The second-order valence-corrected chi connectivity index (χ2v) is 4.97. The standard InChI is InChI=1S/C14H24N2/c1-9-7-10(2)14(11(3)8-9)13(16)6-5-12(4)15/h7-8,12-13H,5-6,15-16H2,1-4H3. The Morgan fingerprint density at radius 2 is 1.50 bits per heavy atom. The van der Waals surface area contributed by atoms with Gasteiger partial charge in [-0.15, -0.1) is 0 Å². The van der Waals surface area contributed by atoms with Crippen molar-refractivity contribution in [2.75, 3.05) is 0 Å². The Morgan fingerprint density at radius 3 is 1.94 bits per heavy atom. The van der Waals surface area contributed by atoms with Crippen LogP contribution in [0.1, 0.15) is 48.1 Å². The molecule has 1 aromatic rings. The number of benzene rings is 1. The molecule has 2 atom stereocenters. The predicted molar refractivity (Wildman–Crippen MR) is 70.5 cm³/mol. The number of hydrogen-bond acceptors (Lipinski definition) is 2. The molecule has 1 aromatic carbocycles. The van der Waals surface area contributed by atoms with Crippen LogP contribution in [0.15, 0.2) is 12.1 Å². The maximum absolute atomic E-state index is 6.24. The highest BCUT2D eigenvalue weighted by molar-refractivity contribution is 5.39. The monoisotopic (exact) mass is 220 g/mol. The van der Waals surface area contributed by atoms with Crippen LogP contribution in [0.25, 0.3) is 0 Å². The average Bonchev–Trinajstić information content (AvgIpc) is 2.12. The van der Waals surface area contributed by atoms with E-state index < -0.39 is 0 Å². The second-order valence-electron chi connectivity index (χ2n) is 4.97. The van der Waals surface area contributed by atoms with Gasteiger partial charge in [-0.05, 0) is 57.2 Å². The zero-order valence-corrected chi connectivity index (χ0v) is 10.9. The van der Waals surface area contributed by atoms with Crippen molar-refractivity contribution >= 4 is 0 Å². The van der Waals surface area contributed by atoms with E-state index in [2.05, 4.69) is 32.9 Å². The molecule has 0 saturated carbocycles. The van der Waals surface area contributed by atoms with Gasteiger partial charge in [0.2, 0.25) is 0 Å². The highest BCUT2D eigenvalue weighted by Gasteiger charge is 2.12. The number of aryl methyl sites for hydroxylation is 3. The normalized spacial score (nSPS) is 14.9. The minimum atomic E-state index is 0.117. The first-order valence-electron chi connectivity index (χ1n) is 6.00. The number of hydrogen-bond donors (Lipinski definition) is 2. The van der Waals surface area contributed by atoms with Crippen molar-refractivity contribution in [2.45, 2.75) is 52.6 Å². The van der Waals surface area contributed by atoms with Crippen molar-refractivity contribution in [3.05, 3.63) is 34.4 Å². The Morgan fingerprint density at radius 1 is 1.00 bits per heavy atom. The van der Waals surface area contributed by atoms with E-state index in [1.54, 1.807) is 0 Å². The Hall–Kier alpha value is -0.860. The van der Waals surface area contributed by atoms with E-state index in [0.29, 0.717) is 0 Å². The molecule has 2 nitrogen and oxygen atoms in total. The van der Waals surface area contributed by atoms with Crippen LogP contribution in [0.2, 0.25) is 0 Å². The predicted octanol–water partition coefficient (Wildman–Crippen LogP) is 2.74. The molecule has 90 valence electrons. The van der Waals surface area contributed by atoms with E-state index in [4.69, 9.17) is 11.5 Å². The second kappa shape index (κ2) is 5.46. The van der Waals surface area contributed by atoms with Gasteiger partial charge in [0, 0.05) is 12.1 Å². The first-order chi connectivity index (χ1) is 7.41. The fourth-order valence-electron chi connectivity index (χ4n) is 2.36. The summed E-state index contributed by atoms with van der Waals surface area (Å²) in [6, 6.07) is 4.76. The molecule has 2 heteroatoms. The molecule has 0 radical (unpaired) electrons. The van der Waals surface area contributed by atoms with Crippen molar-refractivity contribution in [1.82, 2.24) is 0 Å². The maximum Gasteiger partial charge on any atom is 0.0300 e. The van der Waals surface area contributed by atoms with Crippen LogP contribution in [-0.2, 0) is 0 Å². The molecular formula is C14H24N2. The summed E-state index contributed by atoms with van der Waals surface area (Å²) in [5.41, 5.74) is 17.2. The van der Waals surface area contributed by atoms with Gasteiger partial charge in [-0.2, -0.15) is 0 Å². The Balaban J connectivity index is 2.86. The summed E-state index contributed by atoms with van der Waals surface area (Å²) >= 11 is 0. The van der Waals surface area contributed by atoms with Gasteiger partial charge in [0.05, 0.1) is 0 Å². The lowest BCUT2D eigenvalue weighted by Crippen LogP contribution is -2.20. The fraction of sp³-hybridized carbons (Fsp3) is 0.571. The van der Waals surface area contributed by atoms with Crippen LogP contribution in [0, 0.1) is 20.8 Å². The molecule has 2 unspecified atom stereocenters. The zero-order valence-electron chi connectivity index (χ0n) is 10.9. The number of rotatable bonds is 4. The Bertz CT molecular complexity index is 333. The van der Waals surface area contributed by atoms with Crippen LogP contribution >= 0.6 is 0 Å². The van der Waals surface area contributed by atoms with Crippen molar-refractivity contribution < 1.29 is 0 Å². The third kappa shape index (κ3) is 3.32. The Kier molecular flexibility index (Phi) is 4.51. The molecule has 0 aliphatic heterocycles. The van der Waals surface area contributed by atoms with E-state index in [9.17, 15) is 0 Å². The fourth-order valence-corrected chi connectivity index (χ4v) is 2.36. The molecule has 1 rings (SSSR count). The van der Waals surface area contributed by atoms with Crippen LogP contribution in [0.5, 0.6) is 0 Å². The smallest absolute Gasteiger partial charge is 0.0300 e. The summed E-state index contributed by atoms with van der Waals surface area (Å²) in [6.45, 7) is 8.43. The summed E-state index contributed by atoms with van der Waals surface area (Å²) in [4.78, 5) is 0. The molecule has 0 aliphatic carbocycles. The van der Waals surface area contributed by atoms with Crippen molar-refractivity contribution in [2.24, 2.45) is 11.5 Å². The lowest BCUT2D eigenvalue weighted by atomic mass is 9.91. The molecule has 0 aliphatic rings. The van der Waals surface area contributed by atoms with Crippen LogP contribution in [-0.4, -0.2) is 6.04 Å². The van der Waals surface area contributed by atoms with Gasteiger partial charge in [0.15, 0.2) is 0 Å². The van der Waals surface area contributed by atoms with E-state index >= 15 is 0 Å². The molecule has 0 amide bonds. The van der Waals surface area contributed by atoms with Gasteiger partial charge in [0.25, 0.3) is 0 Å². The molecule has 16 heavy (non-hydrogen) atoms. The van der Waals surface area contributed by atoms with E-state index in [1.807, 2.05) is 6.92 Å². The largest absolute Gasteiger partial charge is 0.328 e. The SMILES string of the molecule is Cc1cc(C)c(C(N)CCC(C)N)c(C)c1. The summed E-state index contributed by atoms with van der Waals surface area (Å²) < 4.78 is 0. The minimum Gasteiger partial charge on any atom is -0.328 e. The topological polar surface area (TPSA) is 52.0 Å². The van der Waals surface area contributed by atoms with Gasteiger partial charge in [-0.3, -0.25) is 0 Å². The minimum absolute atomic E-state index is 0.117. The third-order valence-corrected chi connectivity index (χ3v) is 3.04. The van der Waals surface area contributed by atoms with Gasteiger partial charge in [0.1, 0.15) is 0 Å². The quantitative estimate of drug-likeness (QED) is 0.819. The highest BCUT2D eigenvalue weighted by Crippen LogP contribution is 2.25. The average molecular weight is 220 g/mol. The third-order valence-electron chi connectivity index (χ3n) is 3.04. The lowest BCUT2D eigenvalue weighted by Gasteiger charge is -2.19. The molecule has 0 heterocycles. The molecule has 0 fully saturated rings. The maximum atomic E-state index is 6.24. The summed E-state index contributed by atoms with van der Waals surface area (Å²) in [7, 11) is 0. The van der Waals surface area contributed by atoms with Gasteiger partial charge in [-0.1, -0.05) is 17.7 Å².